The fourth-order valence-electron chi connectivity index (χ4n) is 2.98. The van der Waals surface area contributed by atoms with Crippen LogP contribution >= 0.6 is 0 Å². The van der Waals surface area contributed by atoms with Crippen LogP contribution in [0.2, 0.25) is 0 Å². The first kappa shape index (κ1) is 20.8. The van der Waals surface area contributed by atoms with E-state index in [1.54, 1.807) is 61.9 Å². The first-order valence-electron chi connectivity index (χ1n) is 9.78. The Labute approximate surface area is 183 Å². The van der Waals surface area contributed by atoms with E-state index in [4.69, 9.17) is 9.57 Å². The van der Waals surface area contributed by atoms with E-state index < -0.39 is 0 Å². The van der Waals surface area contributed by atoms with E-state index >= 15 is 0 Å². The average molecular weight is 428 g/mol. The summed E-state index contributed by atoms with van der Waals surface area (Å²) >= 11 is 0. The number of phenols is 1. The average Bonchev–Trinajstić information content (AvgIpc) is 2.83. The van der Waals surface area contributed by atoms with E-state index in [2.05, 4.69) is 15.2 Å². The van der Waals surface area contributed by atoms with Gasteiger partial charge in [-0.1, -0.05) is 29.4 Å². The number of aromatic nitrogens is 2. The summed E-state index contributed by atoms with van der Waals surface area (Å²) in [5, 5.41) is 18.6. The molecule has 160 valence electrons. The molecule has 8 nitrogen and oxygen atoms in total. The van der Waals surface area contributed by atoms with Crippen molar-refractivity contribution in [3.05, 3.63) is 100 Å². The van der Waals surface area contributed by atoms with Crippen molar-refractivity contribution >= 4 is 23.3 Å². The molecule has 1 aromatic heterocycles. The zero-order valence-corrected chi connectivity index (χ0v) is 17.3. The van der Waals surface area contributed by atoms with Gasteiger partial charge in [-0.15, -0.1) is 0 Å². The van der Waals surface area contributed by atoms with Gasteiger partial charge < -0.3 is 14.7 Å². The number of aromatic hydroxyl groups is 1. The Kier molecular flexibility index (Phi) is 6.22. The van der Waals surface area contributed by atoms with Crippen molar-refractivity contribution in [3.63, 3.8) is 0 Å². The third-order valence-electron chi connectivity index (χ3n) is 4.66. The molecule has 0 fully saturated rings. The first-order chi connectivity index (χ1) is 15.7. The van der Waals surface area contributed by atoms with E-state index in [0.29, 0.717) is 16.5 Å². The highest BCUT2D eigenvalue weighted by molar-refractivity contribution is 5.83. The van der Waals surface area contributed by atoms with Crippen molar-refractivity contribution in [2.45, 2.75) is 6.61 Å². The molecule has 0 spiro atoms. The second kappa shape index (κ2) is 9.57. The number of nitrogens with zero attached hydrogens (tertiary/aromatic N) is 4. The van der Waals surface area contributed by atoms with Crippen LogP contribution in [0, 0.1) is 0 Å². The van der Waals surface area contributed by atoms with Crippen molar-refractivity contribution in [3.8, 4) is 11.5 Å². The monoisotopic (exact) mass is 428 g/mol. The Bertz CT molecular complexity index is 1340. The van der Waals surface area contributed by atoms with Crippen LogP contribution in [0.4, 0.5) is 0 Å². The van der Waals surface area contributed by atoms with Crippen LogP contribution in [0.3, 0.4) is 0 Å². The maximum absolute atomic E-state index is 13.0. The lowest BCUT2D eigenvalue weighted by atomic mass is 10.2. The fourth-order valence-corrected chi connectivity index (χ4v) is 2.98. The summed E-state index contributed by atoms with van der Waals surface area (Å²) in [4.78, 5) is 22.9. The summed E-state index contributed by atoms with van der Waals surface area (Å²) in [6.07, 6.45) is 2.95. The van der Waals surface area contributed by atoms with Gasteiger partial charge in [0.2, 0.25) is 0 Å². The van der Waals surface area contributed by atoms with Gasteiger partial charge in [0.1, 0.15) is 11.5 Å². The molecule has 0 aliphatic heterocycles. The smallest absolute Gasteiger partial charge is 0.282 e. The molecule has 3 aromatic carbocycles. The van der Waals surface area contributed by atoms with Crippen LogP contribution in [0.5, 0.6) is 11.5 Å². The minimum atomic E-state index is -0.347. The van der Waals surface area contributed by atoms with Gasteiger partial charge in [0.15, 0.2) is 12.4 Å². The van der Waals surface area contributed by atoms with E-state index in [9.17, 15) is 9.90 Å². The Morgan fingerprint density at radius 1 is 1.00 bits per heavy atom. The molecule has 0 radical (unpaired) electrons. The van der Waals surface area contributed by atoms with Gasteiger partial charge in [0.25, 0.3) is 5.56 Å². The summed E-state index contributed by atoms with van der Waals surface area (Å²) in [5.41, 5.74) is 1.48. The molecule has 1 heterocycles. The van der Waals surface area contributed by atoms with Gasteiger partial charge >= 0.3 is 0 Å². The number of phenolic OH excluding ortho intramolecular Hbond substituents is 1. The normalized spacial score (nSPS) is 11.4. The quantitative estimate of drug-likeness (QED) is 0.359. The van der Waals surface area contributed by atoms with Crippen molar-refractivity contribution in [2.75, 3.05) is 7.11 Å². The lowest BCUT2D eigenvalue weighted by molar-refractivity contribution is 0.123. The van der Waals surface area contributed by atoms with Crippen LogP contribution in [0.1, 0.15) is 17.0 Å². The van der Waals surface area contributed by atoms with E-state index in [0.717, 1.165) is 16.0 Å². The highest BCUT2D eigenvalue weighted by Gasteiger charge is 2.11. The van der Waals surface area contributed by atoms with Crippen molar-refractivity contribution in [1.82, 2.24) is 9.66 Å². The molecule has 4 aromatic rings. The highest BCUT2D eigenvalue weighted by Crippen LogP contribution is 2.14. The molecule has 0 unspecified atom stereocenters. The number of para-hydroxylation sites is 2. The predicted octanol–water partition coefficient (Wildman–Crippen LogP) is 3.54. The third-order valence-corrected chi connectivity index (χ3v) is 4.66. The minimum absolute atomic E-state index is 0.0555. The van der Waals surface area contributed by atoms with Gasteiger partial charge in [-0.25, -0.2) is 4.98 Å². The SMILES string of the molecule is COc1ccc(C=NOCc2nc3ccccc3c(=O)n2/N=C/c2ccccc2O)cc1. The Morgan fingerprint density at radius 2 is 1.75 bits per heavy atom. The minimum Gasteiger partial charge on any atom is -0.507 e. The molecule has 0 amide bonds. The van der Waals surface area contributed by atoms with Crippen molar-refractivity contribution < 1.29 is 14.7 Å². The fraction of sp³-hybridized carbons (Fsp3) is 0.0833. The second-order valence-electron chi connectivity index (χ2n) is 6.75. The number of rotatable bonds is 7. The number of benzene rings is 3. The van der Waals surface area contributed by atoms with Gasteiger partial charge in [-0.2, -0.15) is 9.78 Å². The molecule has 0 bridgehead atoms. The van der Waals surface area contributed by atoms with Gasteiger partial charge in [0, 0.05) is 5.56 Å². The molecule has 8 heteroatoms. The first-order valence-corrected chi connectivity index (χ1v) is 9.78. The van der Waals surface area contributed by atoms with Gasteiger partial charge in [-0.05, 0) is 54.1 Å². The molecular formula is C24H20N4O4. The van der Waals surface area contributed by atoms with Gasteiger partial charge in [-0.3, -0.25) is 4.79 Å². The number of hydrogen-bond donors (Lipinski definition) is 1. The maximum atomic E-state index is 13.0. The zero-order valence-electron chi connectivity index (χ0n) is 17.3. The maximum Gasteiger partial charge on any atom is 0.282 e. The molecule has 4 rings (SSSR count). The molecule has 0 saturated carbocycles. The van der Waals surface area contributed by atoms with E-state index in [-0.39, 0.29) is 23.7 Å². The Hall–Kier alpha value is -4.46. The summed E-state index contributed by atoms with van der Waals surface area (Å²) in [7, 11) is 1.60. The summed E-state index contributed by atoms with van der Waals surface area (Å²) < 4.78 is 6.28. The van der Waals surface area contributed by atoms with Crippen LogP contribution < -0.4 is 10.3 Å². The van der Waals surface area contributed by atoms with E-state index in [1.807, 2.05) is 24.3 Å². The largest absolute Gasteiger partial charge is 0.507 e. The Morgan fingerprint density at radius 3 is 2.53 bits per heavy atom. The molecule has 1 N–H and O–H groups in total. The number of hydrogen-bond acceptors (Lipinski definition) is 7. The summed E-state index contributed by atoms with van der Waals surface area (Å²) in [6, 6.07) is 21.0. The van der Waals surface area contributed by atoms with Crippen molar-refractivity contribution in [1.29, 1.82) is 0 Å². The number of methoxy groups -OCH3 is 1. The standard InChI is InChI=1S/C24H20N4O4/c1-31-19-12-10-17(11-13-19)14-26-32-16-23-27-21-8-4-3-7-20(21)24(30)28(23)25-15-18-6-2-5-9-22(18)29/h2-15,29H,16H2,1H3/b25-15+,26-14?. The second-order valence-corrected chi connectivity index (χ2v) is 6.75. The summed E-state index contributed by atoms with van der Waals surface area (Å²) in [6.45, 7) is -0.0785. The molecule has 0 atom stereocenters. The molecule has 0 saturated heterocycles. The highest BCUT2D eigenvalue weighted by atomic mass is 16.6. The van der Waals surface area contributed by atoms with Gasteiger partial charge in [0.05, 0.1) is 30.4 Å². The van der Waals surface area contributed by atoms with E-state index in [1.165, 1.54) is 6.21 Å². The molecule has 0 aliphatic carbocycles. The zero-order chi connectivity index (χ0) is 22.3. The van der Waals surface area contributed by atoms with Crippen LogP contribution in [0.15, 0.2) is 87.8 Å². The number of fused-ring (bicyclic) bond motifs is 1. The third kappa shape index (κ3) is 4.65. The lowest BCUT2D eigenvalue weighted by Crippen LogP contribution is -2.22. The molecular weight excluding hydrogens is 408 g/mol. The molecule has 0 aliphatic rings. The number of ether oxygens (including phenoxy) is 1. The predicted molar refractivity (Wildman–Crippen MR) is 122 cm³/mol. The lowest BCUT2D eigenvalue weighted by Gasteiger charge is -2.08. The number of oxime groups is 1. The molecule has 32 heavy (non-hydrogen) atoms. The topological polar surface area (TPSA) is 98.3 Å². The van der Waals surface area contributed by atoms with Crippen LogP contribution in [-0.4, -0.2) is 34.3 Å². The van der Waals surface area contributed by atoms with Crippen LogP contribution in [-0.2, 0) is 11.4 Å². The van der Waals surface area contributed by atoms with Crippen molar-refractivity contribution in [2.24, 2.45) is 10.3 Å². The Balaban J connectivity index is 1.61. The van der Waals surface area contributed by atoms with Crippen LogP contribution in [0.25, 0.3) is 10.9 Å². The summed E-state index contributed by atoms with van der Waals surface area (Å²) in [5.74, 6) is 1.07.